The Bertz CT molecular complexity index is 630. The molecule has 0 atom stereocenters. The van der Waals surface area contributed by atoms with Gasteiger partial charge in [-0.15, -0.1) is 0 Å². The van der Waals surface area contributed by atoms with Crippen molar-refractivity contribution in [1.29, 1.82) is 0 Å². The molecule has 0 aromatic heterocycles. The van der Waals surface area contributed by atoms with Gasteiger partial charge in [0.05, 0.1) is 0 Å². The first-order valence-corrected chi connectivity index (χ1v) is 5.72. The van der Waals surface area contributed by atoms with E-state index in [9.17, 15) is 18.0 Å². The first kappa shape index (κ1) is 14.9. The fraction of sp³-hybridized carbons (Fsp3) is 0. The summed E-state index contributed by atoms with van der Waals surface area (Å²) in [7, 11) is -4.51. The molecule has 1 aromatic rings. The molecule has 0 unspecified atom stereocenters. The SMILES string of the molecule is O=C1C=C(S(=O)(=O)O)c2ccccc2C1=O.[K+]. The number of carbonyl (C=O) groups excluding carboxylic acids is 2. The molecule has 17 heavy (non-hydrogen) atoms. The van der Waals surface area contributed by atoms with Crippen molar-refractivity contribution in [2.75, 3.05) is 0 Å². The maximum atomic E-state index is 11.4. The van der Waals surface area contributed by atoms with Gasteiger partial charge in [-0.3, -0.25) is 14.1 Å². The van der Waals surface area contributed by atoms with Crippen LogP contribution in [0.5, 0.6) is 0 Å². The molecule has 0 radical (unpaired) electrons. The summed E-state index contributed by atoms with van der Waals surface area (Å²) in [6, 6.07) is 5.73. The van der Waals surface area contributed by atoms with Gasteiger partial charge in [0.2, 0.25) is 11.6 Å². The van der Waals surface area contributed by atoms with Crippen LogP contribution in [0.3, 0.4) is 0 Å². The molecule has 7 heteroatoms. The van der Waals surface area contributed by atoms with Crippen molar-refractivity contribution in [2.45, 2.75) is 0 Å². The van der Waals surface area contributed by atoms with Gasteiger partial charge in [-0.05, 0) is 0 Å². The van der Waals surface area contributed by atoms with E-state index < -0.39 is 26.6 Å². The maximum absolute atomic E-state index is 11.4. The average molecular weight is 277 g/mol. The zero-order chi connectivity index (χ0) is 11.9. The number of fused-ring (bicyclic) bond motifs is 1. The van der Waals surface area contributed by atoms with Gasteiger partial charge >= 0.3 is 51.4 Å². The fourth-order valence-corrected chi connectivity index (χ4v) is 2.22. The first-order chi connectivity index (χ1) is 7.41. The summed E-state index contributed by atoms with van der Waals surface area (Å²) in [6.45, 7) is 0. The van der Waals surface area contributed by atoms with Gasteiger partial charge in [-0.1, -0.05) is 24.3 Å². The van der Waals surface area contributed by atoms with Crippen molar-refractivity contribution >= 4 is 26.6 Å². The number of carbonyl (C=O) groups is 2. The van der Waals surface area contributed by atoms with Crippen LogP contribution in [0.2, 0.25) is 0 Å². The summed E-state index contributed by atoms with van der Waals surface area (Å²) < 4.78 is 31.0. The van der Waals surface area contributed by atoms with Crippen molar-refractivity contribution in [1.82, 2.24) is 0 Å². The van der Waals surface area contributed by atoms with E-state index in [0.29, 0.717) is 6.08 Å². The van der Waals surface area contributed by atoms with Crippen LogP contribution in [0, 0.1) is 0 Å². The smallest absolute Gasteiger partial charge is 0.286 e. The van der Waals surface area contributed by atoms with E-state index in [-0.39, 0.29) is 62.5 Å². The van der Waals surface area contributed by atoms with Gasteiger partial charge in [0.1, 0.15) is 4.91 Å². The molecule has 0 spiro atoms. The summed E-state index contributed by atoms with van der Waals surface area (Å²) in [5, 5.41) is 0. The number of allylic oxidation sites excluding steroid dienone is 1. The minimum Gasteiger partial charge on any atom is -0.286 e. The number of Topliss-reactive ketones (excluding diaryl/α,β-unsaturated/α-hetero) is 1. The second-order valence-corrected chi connectivity index (χ2v) is 4.61. The average Bonchev–Trinajstić information content (AvgIpc) is 2.22. The minimum absolute atomic E-state index is 0. The molecule has 0 bridgehead atoms. The Balaban J connectivity index is 0.00000144. The zero-order valence-electron chi connectivity index (χ0n) is 8.88. The molecule has 0 saturated carbocycles. The fourth-order valence-electron chi connectivity index (χ4n) is 1.50. The number of benzene rings is 1. The number of hydrogen-bond acceptors (Lipinski definition) is 4. The third kappa shape index (κ3) is 2.82. The van der Waals surface area contributed by atoms with Crippen molar-refractivity contribution in [3.8, 4) is 0 Å². The zero-order valence-corrected chi connectivity index (χ0v) is 12.8. The second-order valence-electron chi connectivity index (χ2n) is 3.22. The van der Waals surface area contributed by atoms with E-state index in [1.807, 2.05) is 0 Å². The summed E-state index contributed by atoms with van der Waals surface area (Å²) in [4.78, 5) is 22.1. The molecule has 0 aliphatic heterocycles. The monoisotopic (exact) mass is 277 g/mol. The first-order valence-electron chi connectivity index (χ1n) is 4.28. The van der Waals surface area contributed by atoms with Crippen LogP contribution >= 0.6 is 0 Å². The molecule has 0 heterocycles. The van der Waals surface area contributed by atoms with Gasteiger partial charge in [-0.25, -0.2) is 0 Å². The van der Waals surface area contributed by atoms with Crippen molar-refractivity contribution in [3.63, 3.8) is 0 Å². The van der Waals surface area contributed by atoms with E-state index in [1.165, 1.54) is 24.3 Å². The van der Waals surface area contributed by atoms with Crippen LogP contribution in [0.25, 0.3) is 4.91 Å². The van der Waals surface area contributed by atoms with Crippen LogP contribution < -0.4 is 51.4 Å². The molecule has 1 aromatic carbocycles. The number of ketones is 2. The molecular weight excluding hydrogens is 271 g/mol. The molecule has 0 amide bonds. The predicted molar refractivity (Wildman–Crippen MR) is 55.3 cm³/mol. The number of hydrogen-bond donors (Lipinski definition) is 1. The standard InChI is InChI=1S/C10H6O5S.K/c11-8-5-9(16(13,14)15)6-3-1-2-4-7(6)10(8)12;/h1-5H,(H,13,14,15);/q;+1. The van der Waals surface area contributed by atoms with E-state index in [0.717, 1.165) is 0 Å². The Morgan fingerprint density at radius 3 is 2.06 bits per heavy atom. The summed E-state index contributed by atoms with van der Waals surface area (Å²) in [5.74, 6) is -1.73. The summed E-state index contributed by atoms with van der Waals surface area (Å²) >= 11 is 0. The van der Waals surface area contributed by atoms with Gasteiger partial charge in [0.25, 0.3) is 10.1 Å². The maximum Gasteiger partial charge on any atom is 1.00 e. The van der Waals surface area contributed by atoms with Gasteiger partial charge < -0.3 is 0 Å². The van der Waals surface area contributed by atoms with E-state index >= 15 is 0 Å². The van der Waals surface area contributed by atoms with Crippen LogP contribution in [0.1, 0.15) is 15.9 Å². The normalized spacial score (nSPS) is 14.8. The van der Waals surface area contributed by atoms with Crippen molar-refractivity contribution in [2.24, 2.45) is 0 Å². The number of rotatable bonds is 1. The molecular formula is C10H6KO5S+. The van der Waals surface area contributed by atoms with Crippen LogP contribution in [-0.4, -0.2) is 24.5 Å². The van der Waals surface area contributed by atoms with Crippen LogP contribution in [-0.2, 0) is 14.9 Å². The Morgan fingerprint density at radius 1 is 1.00 bits per heavy atom. The van der Waals surface area contributed by atoms with E-state index in [1.54, 1.807) is 0 Å². The molecule has 1 aliphatic carbocycles. The summed E-state index contributed by atoms with van der Waals surface area (Å²) in [5.41, 5.74) is 0.0391. The van der Waals surface area contributed by atoms with Crippen molar-refractivity contribution in [3.05, 3.63) is 41.5 Å². The largest absolute Gasteiger partial charge is 1.00 e. The van der Waals surface area contributed by atoms with E-state index in [2.05, 4.69) is 0 Å². The molecule has 82 valence electrons. The molecule has 5 nitrogen and oxygen atoms in total. The second kappa shape index (κ2) is 5.23. The van der Waals surface area contributed by atoms with Crippen molar-refractivity contribution < 1.29 is 73.9 Å². The minimum atomic E-state index is -4.51. The van der Waals surface area contributed by atoms with Gasteiger partial charge in [-0.2, -0.15) is 8.42 Å². The molecule has 1 aliphatic rings. The molecule has 1 N–H and O–H groups in total. The van der Waals surface area contributed by atoms with Gasteiger partial charge in [0.15, 0.2) is 0 Å². The summed E-state index contributed by atoms with van der Waals surface area (Å²) in [6.07, 6.45) is 0.639. The van der Waals surface area contributed by atoms with Crippen LogP contribution in [0.15, 0.2) is 30.3 Å². The molecule has 2 rings (SSSR count). The third-order valence-corrected chi connectivity index (χ3v) is 3.09. The predicted octanol–water partition coefficient (Wildman–Crippen LogP) is -2.32. The van der Waals surface area contributed by atoms with Gasteiger partial charge in [0, 0.05) is 17.2 Å². The quantitative estimate of drug-likeness (QED) is 0.354. The molecule has 0 fully saturated rings. The Labute approximate surface area is 140 Å². The topological polar surface area (TPSA) is 88.5 Å². The molecule has 0 saturated heterocycles. The Kier molecular flexibility index (Phi) is 4.58. The Morgan fingerprint density at radius 2 is 1.53 bits per heavy atom. The van der Waals surface area contributed by atoms with E-state index in [4.69, 9.17) is 4.55 Å². The Hall–Kier alpha value is -0.154. The van der Waals surface area contributed by atoms with Crippen LogP contribution in [0.4, 0.5) is 0 Å². The third-order valence-electron chi connectivity index (χ3n) is 2.20.